The summed E-state index contributed by atoms with van der Waals surface area (Å²) in [4.78, 5) is 13.3. The zero-order valence-electron chi connectivity index (χ0n) is 7.72. The Balaban J connectivity index is 2.78. The summed E-state index contributed by atoms with van der Waals surface area (Å²) >= 11 is 0. The van der Waals surface area contributed by atoms with Crippen LogP contribution in [0.5, 0.6) is 0 Å². The van der Waals surface area contributed by atoms with E-state index in [-0.39, 0.29) is 11.7 Å². The molecule has 0 saturated carbocycles. The highest BCUT2D eigenvalue weighted by Gasteiger charge is 2.22. The smallest absolute Gasteiger partial charge is 0.183 e. The Kier molecular flexibility index (Phi) is 2.22. The molecule has 1 aliphatic rings. The molecule has 3 heteroatoms. The van der Waals surface area contributed by atoms with E-state index in [0.717, 1.165) is 5.82 Å². The largest absolute Gasteiger partial charge is 0.346 e. The maximum atomic E-state index is 11.5. The van der Waals surface area contributed by atoms with Crippen molar-refractivity contribution in [2.45, 2.75) is 13.8 Å². The van der Waals surface area contributed by atoms with Crippen LogP contribution in [0.4, 0.5) is 0 Å². The van der Waals surface area contributed by atoms with Gasteiger partial charge in [0.2, 0.25) is 0 Å². The van der Waals surface area contributed by atoms with Crippen molar-refractivity contribution in [2.75, 3.05) is 7.05 Å². The summed E-state index contributed by atoms with van der Waals surface area (Å²) in [6, 6.07) is 0. The summed E-state index contributed by atoms with van der Waals surface area (Å²) in [6.07, 6.45) is 1.70. The molecule has 0 aliphatic carbocycles. The van der Waals surface area contributed by atoms with Crippen molar-refractivity contribution in [1.29, 1.82) is 0 Å². The van der Waals surface area contributed by atoms with E-state index in [4.69, 9.17) is 0 Å². The van der Waals surface area contributed by atoms with Gasteiger partial charge in [-0.2, -0.15) is 0 Å². The van der Waals surface area contributed by atoms with Crippen LogP contribution in [0.2, 0.25) is 0 Å². The Morgan fingerprint density at radius 2 is 2.25 bits per heavy atom. The van der Waals surface area contributed by atoms with E-state index in [1.54, 1.807) is 11.1 Å². The molecule has 1 rings (SSSR count). The highest BCUT2D eigenvalue weighted by atomic mass is 16.1. The molecule has 0 bridgehead atoms. The van der Waals surface area contributed by atoms with Gasteiger partial charge in [0.25, 0.3) is 0 Å². The van der Waals surface area contributed by atoms with Gasteiger partial charge in [-0.1, -0.05) is 20.4 Å². The van der Waals surface area contributed by atoms with Crippen molar-refractivity contribution in [2.24, 2.45) is 5.92 Å². The molecule has 66 valence electrons. The average molecular weight is 166 g/mol. The fourth-order valence-electron chi connectivity index (χ4n) is 1.02. The molecule has 0 saturated heterocycles. The zero-order valence-corrected chi connectivity index (χ0v) is 7.72. The number of carbonyl (C=O) groups excluding carboxylic acids is 1. The lowest BCUT2D eigenvalue weighted by atomic mass is 10.1. The molecule has 0 aromatic heterocycles. The lowest BCUT2D eigenvalue weighted by Gasteiger charge is -2.16. The highest BCUT2D eigenvalue weighted by molar-refractivity contribution is 5.96. The van der Waals surface area contributed by atoms with Crippen molar-refractivity contribution in [3.8, 4) is 0 Å². The van der Waals surface area contributed by atoms with Gasteiger partial charge in [-0.15, -0.1) is 0 Å². The molecule has 0 radical (unpaired) electrons. The second kappa shape index (κ2) is 3.01. The van der Waals surface area contributed by atoms with Crippen LogP contribution < -0.4 is 5.32 Å². The Hall–Kier alpha value is -1.25. The van der Waals surface area contributed by atoms with Crippen LogP contribution in [0.1, 0.15) is 13.8 Å². The van der Waals surface area contributed by atoms with Gasteiger partial charge in [0, 0.05) is 19.2 Å². The Labute approximate surface area is 72.7 Å². The zero-order chi connectivity index (χ0) is 9.30. The molecule has 1 N–H and O–H groups in total. The molecular weight excluding hydrogens is 152 g/mol. The molecule has 0 spiro atoms. The third-order valence-corrected chi connectivity index (χ3v) is 1.92. The molecule has 0 amide bonds. The molecule has 0 aromatic carbocycles. The van der Waals surface area contributed by atoms with Crippen molar-refractivity contribution in [3.63, 3.8) is 0 Å². The number of Topliss-reactive ketones (excluding diaryl/α,β-unsaturated/α-hetero) is 1. The highest BCUT2D eigenvalue weighted by Crippen LogP contribution is 2.16. The summed E-state index contributed by atoms with van der Waals surface area (Å²) < 4.78 is 0. The van der Waals surface area contributed by atoms with E-state index in [2.05, 4.69) is 11.9 Å². The number of nitrogens with zero attached hydrogens (tertiary/aromatic N) is 1. The Bertz CT molecular complexity index is 253. The fraction of sp³-hybridized carbons (Fsp3) is 0.444. The first-order valence-corrected chi connectivity index (χ1v) is 3.97. The first-order chi connectivity index (χ1) is 5.54. The lowest BCUT2D eigenvalue weighted by molar-refractivity contribution is -0.119. The van der Waals surface area contributed by atoms with Crippen LogP contribution in [0, 0.1) is 5.92 Å². The van der Waals surface area contributed by atoms with Crippen molar-refractivity contribution in [1.82, 2.24) is 10.2 Å². The average Bonchev–Trinajstić information content (AvgIpc) is 2.32. The van der Waals surface area contributed by atoms with Crippen LogP contribution in [0.15, 0.2) is 24.3 Å². The summed E-state index contributed by atoms with van der Waals surface area (Å²) in [6.45, 7) is 7.51. The summed E-state index contributed by atoms with van der Waals surface area (Å²) in [5.74, 6) is 0.925. The summed E-state index contributed by atoms with van der Waals surface area (Å²) in [7, 11) is 1.83. The quantitative estimate of drug-likeness (QED) is 0.665. The van der Waals surface area contributed by atoms with Gasteiger partial charge in [0.1, 0.15) is 11.5 Å². The Morgan fingerprint density at radius 3 is 2.58 bits per heavy atom. The van der Waals surface area contributed by atoms with E-state index in [1.165, 1.54) is 0 Å². The third-order valence-electron chi connectivity index (χ3n) is 1.92. The van der Waals surface area contributed by atoms with E-state index in [9.17, 15) is 4.79 Å². The van der Waals surface area contributed by atoms with Gasteiger partial charge in [-0.3, -0.25) is 4.79 Å². The summed E-state index contributed by atoms with van der Waals surface area (Å²) in [5.41, 5.74) is 0.690. The van der Waals surface area contributed by atoms with Gasteiger partial charge >= 0.3 is 0 Å². The maximum Gasteiger partial charge on any atom is 0.183 e. The van der Waals surface area contributed by atoms with Crippen LogP contribution in [0.25, 0.3) is 0 Å². The van der Waals surface area contributed by atoms with Gasteiger partial charge in [0.15, 0.2) is 5.78 Å². The van der Waals surface area contributed by atoms with Gasteiger partial charge < -0.3 is 10.2 Å². The van der Waals surface area contributed by atoms with Crippen molar-refractivity contribution in [3.05, 3.63) is 24.3 Å². The van der Waals surface area contributed by atoms with Crippen molar-refractivity contribution < 1.29 is 4.79 Å². The van der Waals surface area contributed by atoms with Crippen molar-refractivity contribution >= 4 is 5.78 Å². The molecular formula is C9H14N2O. The number of allylic oxidation sites excluding steroid dienone is 1. The maximum absolute atomic E-state index is 11.5. The third kappa shape index (κ3) is 1.35. The minimum atomic E-state index is 0.0337. The van der Waals surface area contributed by atoms with E-state index in [0.29, 0.717) is 5.70 Å². The standard InChI is InChI=1S/C9H14N2O/c1-6(2)9(12)8-5-10-7(3)11(8)4/h5-6,10H,3H2,1-2,4H3. The lowest BCUT2D eigenvalue weighted by Crippen LogP contribution is -2.22. The second-order valence-electron chi connectivity index (χ2n) is 3.20. The van der Waals surface area contributed by atoms with Gasteiger partial charge in [-0.25, -0.2) is 0 Å². The van der Waals surface area contributed by atoms with E-state index < -0.39 is 0 Å². The van der Waals surface area contributed by atoms with Gasteiger partial charge in [0.05, 0.1) is 0 Å². The van der Waals surface area contributed by atoms with Crippen LogP contribution >= 0.6 is 0 Å². The number of nitrogens with one attached hydrogen (secondary N) is 1. The molecule has 0 fully saturated rings. The normalized spacial score (nSPS) is 16.5. The van der Waals surface area contributed by atoms with E-state index >= 15 is 0 Å². The SMILES string of the molecule is C=C1NC=C(C(=O)C(C)C)N1C. The van der Waals surface area contributed by atoms with Gasteiger partial charge in [-0.05, 0) is 0 Å². The number of hydrogen-bond acceptors (Lipinski definition) is 3. The minimum absolute atomic E-state index is 0.0337. The fourth-order valence-corrected chi connectivity index (χ4v) is 1.02. The van der Waals surface area contributed by atoms with E-state index in [1.807, 2.05) is 20.9 Å². The molecule has 1 aliphatic heterocycles. The molecule has 0 aromatic rings. The second-order valence-corrected chi connectivity index (χ2v) is 3.20. The number of likely N-dealkylation sites (N-methyl/N-ethyl adjacent to an activating group) is 1. The first-order valence-electron chi connectivity index (χ1n) is 3.97. The minimum Gasteiger partial charge on any atom is -0.346 e. The molecule has 1 heterocycles. The molecule has 12 heavy (non-hydrogen) atoms. The summed E-state index contributed by atoms with van der Waals surface area (Å²) in [5, 5.41) is 2.90. The number of hydrogen-bond donors (Lipinski definition) is 1. The first kappa shape index (κ1) is 8.84. The number of carbonyl (C=O) groups is 1. The predicted molar refractivity (Wildman–Crippen MR) is 48.0 cm³/mol. The molecule has 0 atom stereocenters. The molecule has 3 nitrogen and oxygen atoms in total. The van der Waals surface area contributed by atoms with Crippen LogP contribution in [-0.4, -0.2) is 17.7 Å². The topological polar surface area (TPSA) is 32.3 Å². The van der Waals surface area contributed by atoms with Crippen LogP contribution in [0.3, 0.4) is 0 Å². The predicted octanol–water partition coefficient (Wildman–Crippen LogP) is 1.06. The monoisotopic (exact) mass is 166 g/mol. The number of rotatable bonds is 2. The number of ketones is 1. The Morgan fingerprint density at radius 1 is 1.67 bits per heavy atom. The molecule has 0 unspecified atom stereocenters. The van der Waals surface area contributed by atoms with Crippen LogP contribution in [-0.2, 0) is 4.79 Å².